The largest absolute Gasteiger partial charge is 0.357 e. The fraction of sp³-hybridized carbons (Fsp3) is 0.381. The Labute approximate surface area is 195 Å². The number of aliphatic imine (C=N–C) groups is 1. The molecule has 0 spiro atoms. The van der Waals surface area contributed by atoms with Crippen LogP contribution in [0.3, 0.4) is 0 Å². The lowest BCUT2D eigenvalue weighted by Crippen LogP contribution is -2.38. The minimum atomic E-state index is -3.44. The van der Waals surface area contributed by atoms with E-state index < -0.39 is 10.0 Å². The first-order valence-electron chi connectivity index (χ1n) is 9.72. The summed E-state index contributed by atoms with van der Waals surface area (Å²) in [5, 5.41) is 3.24. The Morgan fingerprint density at radius 3 is 2.27 bits per heavy atom. The molecule has 0 saturated heterocycles. The van der Waals surface area contributed by atoms with Crippen molar-refractivity contribution in [3.63, 3.8) is 0 Å². The Kier molecular flexibility index (Phi) is 9.05. The number of halogens is 2. The number of hydrogen-bond acceptors (Lipinski definition) is 3. The van der Waals surface area contributed by atoms with Gasteiger partial charge in [-0.15, -0.1) is 24.0 Å². The van der Waals surface area contributed by atoms with Crippen LogP contribution in [0.4, 0.5) is 4.39 Å². The van der Waals surface area contributed by atoms with Crippen LogP contribution in [0, 0.1) is 5.82 Å². The average Bonchev–Trinajstić information content (AvgIpc) is 3.50. The van der Waals surface area contributed by atoms with Crippen LogP contribution >= 0.6 is 24.0 Å². The van der Waals surface area contributed by atoms with Crippen molar-refractivity contribution in [3.8, 4) is 0 Å². The molecule has 0 atom stereocenters. The number of sulfonamides is 1. The minimum Gasteiger partial charge on any atom is -0.357 e. The van der Waals surface area contributed by atoms with Gasteiger partial charge in [-0.05, 0) is 55.2 Å². The van der Waals surface area contributed by atoms with E-state index in [1.165, 1.54) is 12.1 Å². The molecule has 0 aromatic heterocycles. The van der Waals surface area contributed by atoms with Crippen LogP contribution in [-0.2, 0) is 23.1 Å². The molecule has 2 N–H and O–H groups in total. The minimum absolute atomic E-state index is 0. The number of rotatable bonds is 8. The predicted molar refractivity (Wildman–Crippen MR) is 128 cm³/mol. The van der Waals surface area contributed by atoms with Gasteiger partial charge in [0.05, 0.1) is 11.4 Å². The van der Waals surface area contributed by atoms with E-state index in [1.54, 1.807) is 36.4 Å². The first kappa shape index (κ1) is 24.5. The van der Waals surface area contributed by atoms with Gasteiger partial charge in [0, 0.05) is 26.2 Å². The quantitative estimate of drug-likeness (QED) is 0.302. The summed E-state index contributed by atoms with van der Waals surface area (Å²) in [6, 6.07) is 13.3. The third-order valence-corrected chi connectivity index (χ3v) is 6.11. The molecule has 0 amide bonds. The zero-order chi connectivity index (χ0) is 20.9. The second-order valence-corrected chi connectivity index (χ2v) is 8.91. The van der Waals surface area contributed by atoms with E-state index in [1.807, 2.05) is 18.9 Å². The highest BCUT2D eigenvalue weighted by Gasteiger charge is 2.27. The molecule has 3 rings (SSSR count). The lowest BCUT2D eigenvalue weighted by atomic mass is 10.2. The summed E-state index contributed by atoms with van der Waals surface area (Å²) in [5.41, 5.74) is 1.90. The Balaban J connectivity index is 0.00000320. The highest BCUT2D eigenvalue weighted by molar-refractivity contribution is 14.0. The molecule has 1 fully saturated rings. The van der Waals surface area contributed by atoms with E-state index >= 15 is 0 Å². The first-order chi connectivity index (χ1) is 13.9. The highest BCUT2D eigenvalue weighted by atomic mass is 127. The Morgan fingerprint density at radius 2 is 1.70 bits per heavy atom. The second-order valence-electron chi connectivity index (χ2n) is 7.19. The summed E-state index contributed by atoms with van der Waals surface area (Å²) in [6.45, 7) is 3.73. The van der Waals surface area contributed by atoms with E-state index in [9.17, 15) is 12.8 Å². The Morgan fingerprint density at radius 1 is 1.10 bits per heavy atom. The molecule has 2 aromatic carbocycles. The van der Waals surface area contributed by atoms with Crippen LogP contribution in [0.15, 0.2) is 58.4 Å². The van der Waals surface area contributed by atoms with Gasteiger partial charge in [0.15, 0.2) is 5.96 Å². The molecule has 0 unspecified atom stereocenters. The van der Waals surface area contributed by atoms with Crippen LogP contribution in [0.25, 0.3) is 0 Å². The van der Waals surface area contributed by atoms with Crippen molar-refractivity contribution < 1.29 is 12.8 Å². The maximum absolute atomic E-state index is 13.1. The van der Waals surface area contributed by atoms with E-state index in [4.69, 9.17) is 0 Å². The maximum Gasteiger partial charge on any atom is 0.240 e. The van der Waals surface area contributed by atoms with Crippen molar-refractivity contribution in [2.75, 3.05) is 13.6 Å². The molecule has 9 heteroatoms. The summed E-state index contributed by atoms with van der Waals surface area (Å²) in [6.07, 6.45) is 1.81. The predicted octanol–water partition coefficient (Wildman–Crippen LogP) is 3.48. The SMILES string of the molecule is CCNC(=NCc1ccc(S(=O)(=O)NC2CC2)cc1)N(C)Cc1ccc(F)cc1.I. The van der Waals surface area contributed by atoms with Crippen LogP contribution in [0.5, 0.6) is 0 Å². The van der Waals surface area contributed by atoms with Crippen LogP contribution in [0.1, 0.15) is 30.9 Å². The molecule has 0 radical (unpaired) electrons. The standard InChI is InChI=1S/C21H27FN4O2S.HI/c1-3-23-21(26(2)15-17-4-8-18(22)9-5-17)24-14-16-6-12-20(13-7-16)29(27,28)25-19-10-11-19;/h4-9,12-13,19,25H,3,10-11,14-15H2,1-2H3,(H,23,24);1H. The van der Waals surface area contributed by atoms with Gasteiger partial charge in [-0.3, -0.25) is 0 Å². The van der Waals surface area contributed by atoms with Gasteiger partial charge in [-0.1, -0.05) is 24.3 Å². The number of guanidine groups is 1. The Bertz CT molecular complexity index is 946. The molecule has 0 bridgehead atoms. The fourth-order valence-electron chi connectivity index (χ4n) is 2.84. The molecule has 30 heavy (non-hydrogen) atoms. The van der Waals surface area contributed by atoms with Gasteiger partial charge in [-0.2, -0.15) is 0 Å². The van der Waals surface area contributed by atoms with Gasteiger partial charge in [-0.25, -0.2) is 22.5 Å². The molecule has 6 nitrogen and oxygen atoms in total. The smallest absolute Gasteiger partial charge is 0.240 e. The molecule has 0 aliphatic heterocycles. The highest BCUT2D eigenvalue weighted by Crippen LogP contribution is 2.22. The van der Waals surface area contributed by atoms with Gasteiger partial charge in [0.25, 0.3) is 0 Å². The van der Waals surface area contributed by atoms with Crippen LogP contribution in [-0.4, -0.2) is 38.9 Å². The molecular weight excluding hydrogens is 518 g/mol. The molecule has 1 aliphatic carbocycles. The number of hydrogen-bond donors (Lipinski definition) is 2. The third kappa shape index (κ3) is 7.21. The summed E-state index contributed by atoms with van der Waals surface area (Å²) in [5.74, 6) is 0.471. The summed E-state index contributed by atoms with van der Waals surface area (Å²) in [4.78, 5) is 6.88. The molecule has 0 heterocycles. The van der Waals surface area contributed by atoms with E-state index in [-0.39, 0.29) is 40.7 Å². The summed E-state index contributed by atoms with van der Waals surface area (Å²) < 4.78 is 40.3. The van der Waals surface area contributed by atoms with Crippen molar-refractivity contribution in [2.24, 2.45) is 4.99 Å². The Hall–Kier alpha value is -1.72. The molecule has 1 saturated carbocycles. The van der Waals surface area contributed by atoms with E-state index in [0.29, 0.717) is 13.1 Å². The normalized spacial score (nSPS) is 14.2. The molecule has 2 aromatic rings. The van der Waals surface area contributed by atoms with Gasteiger partial charge in [0.2, 0.25) is 10.0 Å². The third-order valence-electron chi connectivity index (χ3n) is 4.57. The fourth-order valence-corrected chi connectivity index (χ4v) is 4.14. The van der Waals surface area contributed by atoms with E-state index in [2.05, 4.69) is 15.0 Å². The van der Waals surface area contributed by atoms with Crippen molar-refractivity contribution in [1.29, 1.82) is 0 Å². The average molecular weight is 546 g/mol. The summed E-state index contributed by atoms with van der Waals surface area (Å²) >= 11 is 0. The molecule has 1 aliphatic rings. The van der Waals surface area contributed by atoms with Gasteiger partial charge >= 0.3 is 0 Å². The van der Waals surface area contributed by atoms with Gasteiger partial charge in [0.1, 0.15) is 5.82 Å². The summed E-state index contributed by atoms with van der Waals surface area (Å²) in [7, 11) is -1.52. The van der Waals surface area contributed by atoms with Gasteiger partial charge < -0.3 is 10.2 Å². The van der Waals surface area contributed by atoms with Crippen LogP contribution < -0.4 is 10.0 Å². The zero-order valence-corrected chi connectivity index (χ0v) is 20.3. The molecular formula is C21H28FIN4O2S. The number of nitrogens with zero attached hydrogens (tertiary/aromatic N) is 2. The lowest BCUT2D eigenvalue weighted by Gasteiger charge is -2.22. The lowest BCUT2D eigenvalue weighted by molar-refractivity contribution is 0.476. The second kappa shape index (κ2) is 11.1. The monoisotopic (exact) mass is 546 g/mol. The van der Waals surface area contributed by atoms with Crippen molar-refractivity contribution in [3.05, 3.63) is 65.5 Å². The molecule has 164 valence electrons. The topological polar surface area (TPSA) is 73.8 Å². The van der Waals surface area contributed by atoms with Crippen molar-refractivity contribution >= 4 is 40.0 Å². The maximum atomic E-state index is 13.1. The van der Waals surface area contributed by atoms with E-state index in [0.717, 1.165) is 36.5 Å². The van der Waals surface area contributed by atoms with Crippen molar-refractivity contribution in [2.45, 2.75) is 43.8 Å². The number of benzene rings is 2. The van der Waals surface area contributed by atoms with Crippen molar-refractivity contribution in [1.82, 2.24) is 14.9 Å². The van der Waals surface area contributed by atoms with Crippen LogP contribution in [0.2, 0.25) is 0 Å². The zero-order valence-electron chi connectivity index (χ0n) is 17.1. The number of nitrogens with one attached hydrogen (secondary N) is 2. The first-order valence-corrected chi connectivity index (χ1v) is 11.2.